The molecule has 1 aromatic carbocycles. The highest BCUT2D eigenvalue weighted by Crippen LogP contribution is 2.49. The lowest BCUT2D eigenvalue weighted by atomic mass is 10.2. The van der Waals surface area contributed by atoms with Gasteiger partial charge in [0.15, 0.2) is 0 Å². The molecule has 0 aliphatic carbocycles. The molecule has 1 atom stereocenters. The van der Waals surface area contributed by atoms with E-state index in [4.69, 9.17) is 11.8 Å². The predicted molar refractivity (Wildman–Crippen MR) is 55.6 cm³/mol. The maximum Gasteiger partial charge on any atom is 0.118 e. The van der Waals surface area contributed by atoms with E-state index in [0.29, 0.717) is 6.16 Å². The zero-order valence-electron chi connectivity index (χ0n) is 5.84. The average Bonchev–Trinajstić information content (AvgIpc) is 1.85. The summed E-state index contributed by atoms with van der Waals surface area (Å²) in [5.41, 5.74) is -1.31. The van der Waals surface area contributed by atoms with Gasteiger partial charge in [0.25, 0.3) is 0 Å². The van der Waals surface area contributed by atoms with Gasteiger partial charge < -0.3 is 4.89 Å². The standard InChI is InChI=1S/C7H9OPS2/c8-9(10,11)6-7-4-2-1-3-5-7/h1-5H,6H2,(H2,8,10,11). The van der Waals surface area contributed by atoms with E-state index < -0.39 is 5.47 Å². The van der Waals surface area contributed by atoms with Crippen LogP contribution in [0.15, 0.2) is 30.3 Å². The fourth-order valence-electron chi connectivity index (χ4n) is 0.821. The molecule has 1 unspecified atom stereocenters. The Labute approximate surface area is 76.7 Å². The van der Waals surface area contributed by atoms with E-state index in [1.165, 1.54) is 0 Å². The van der Waals surface area contributed by atoms with Crippen molar-refractivity contribution in [3.05, 3.63) is 35.9 Å². The van der Waals surface area contributed by atoms with E-state index in [1.54, 1.807) is 0 Å². The first-order valence-electron chi connectivity index (χ1n) is 3.16. The molecule has 0 saturated heterocycles. The summed E-state index contributed by atoms with van der Waals surface area (Å²) < 4.78 is 0. The Morgan fingerprint density at radius 2 is 1.91 bits per heavy atom. The third kappa shape index (κ3) is 3.92. The van der Waals surface area contributed by atoms with Crippen LogP contribution in [0.1, 0.15) is 5.56 Å². The molecule has 1 rings (SSSR count). The second-order valence-electron chi connectivity index (χ2n) is 2.31. The van der Waals surface area contributed by atoms with Gasteiger partial charge in [-0.05, 0) is 5.56 Å². The predicted octanol–water partition coefficient (Wildman–Crippen LogP) is 2.42. The van der Waals surface area contributed by atoms with Crippen LogP contribution in [0.25, 0.3) is 0 Å². The van der Waals surface area contributed by atoms with Gasteiger partial charge in [-0.2, -0.15) is 0 Å². The van der Waals surface area contributed by atoms with Gasteiger partial charge in [-0.15, -0.1) is 12.2 Å². The summed E-state index contributed by atoms with van der Waals surface area (Å²) in [7, 11) is 0. The summed E-state index contributed by atoms with van der Waals surface area (Å²) in [6.45, 7) is 0. The van der Waals surface area contributed by atoms with Gasteiger partial charge in [-0.25, -0.2) is 0 Å². The van der Waals surface area contributed by atoms with Crippen LogP contribution in [0.3, 0.4) is 0 Å². The van der Waals surface area contributed by atoms with Crippen LogP contribution < -0.4 is 0 Å². The highest BCUT2D eigenvalue weighted by atomic mass is 32.9. The average molecular weight is 204 g/mol. The SMILES string of the molecule is OP(=S)(S)Cc1ccccc1. The molecule has 0 saturated carbocycles. The molecule has 60 valence electrons. The lowest BCUT2D eigenvalue weighted by Gasteiger charge is -2.06. The molecule has 0 aliphatic heterocycles. The lowest BCUT2D eigenvalue weighted by Crippen LogP contribution is -1.80. The quantitative estimate of drug-likeness (QED) is 0.570. The van der Waals surface area contributed by atoms with Gasteiger partial charge in [-0.3, -0.25) is 0 Å². The minimum absolute atomic E-state index is 0.506. The van der Waals surface area contributed by atoms with Crippen molar-refractivity contribution in [2.75, 3.05) is 0 Å². The van der Waals surface area contributed by atoms with Crippen LogP contribution in [-0.2, 0) is 18.0 Å². The van der Waals surface area contributed by atoms with Crippen LogP contribution >= 0.6 is 17.7 Å². The van der Waals surface area contributed by atoms with E-state index in [2.05, 4.69) is 12.2 Å². The fourth-order valence-corrected chi connectivity index (χ4v) is 2.44. The van der Waals surface area contributed by atoms with Crippen LogP contribution in [0.2, 0.25) is 0 Å². The molecule has 0 radical (unpaired) electrons. The number of rotatable bonds is 2. The van der Waals surface area contributed by atoms with Crippen molar-refractivity contribution in [2.24, 2.45) is 0 Å². The summed E-state index contributed by atoms with van der Waals surface area (Å²) in [5, 5.41) is 0. The maximum absolute atomic E-state index is 9.26. The highest BCUT2D eigenvalue weighted by molar-refractivity contribution is 8.61. The normalized spacial score (nSPS) is 15.8. The third-order valence-corrected chi connectivity index (χ3v) is 2.82. The molecule has 0 aliphatic rings. The van der Waals surface area contributed by atoms with Crippen molar-refractivity contribution in [3.8, 4) is 0 Å². The Morgan fingerprint density at radius 1 is 1.36 bits per heavy atom. The fraction of sp³-hybridized carbons (Fsp3) is 0.143. The Bertz CT molecular complexity index is 267. The zero-order valence-corrected chi connectivity index (χ0v) is 8.45. The first-order valence-corrected chi connectivity index (χ1v) is 7.26. The molecule has 11 heavy (non-hydrogen) atoms. The van der Waals surface area contributed by atoms with Crippen molar-refractivity contribution in [1.29, 1.82) is 0 Å². The van der Waals surface area contributed by atoms with E-state index >= 15 is 0 Å². The van der Waals surface area contributed by atoms with Crippen molar-refractivity contribution in [1.82, 2.24) is 0 Å². The Balaban J connectivity index is 2.74. The van der Waals surface area contributed by atoms with Crippen LogP contribution in [0, 0.1) is 0 Å². The largest absolute Gasteiger partial charge is 0.357 e. The second kappa shape index (κ2) is 3.72. The molecular weight excluding hydrogens is 195 g/mol. The number of hydrogen-bond acceptors (Lipinski definition) is 1. The summed E-state index contributed by atoms with van der Waals surface area (Å²) >= 11 is 8.75. The van der Waals surface area contributed by atoms with Crippen molar-refractivity contribution in [3.63, 3.8) is 0 Å². The number of benzene rings is 1. The molecule has 0 bridgehead atoms. The Kier molecular flexibility index (Phi) is 3.14. The van der Waals surface area contributed by atoms with Gasteiger partial charge in [-0.1, -0.05) is 42.1 Å². The summed E-state index contributed by atoms with van der Waals surface area (Å²) in [6, 6.07) is 9.66. The summed E-state index contributed by atoms with van der Waals surface area (Å²) in [4.78, 5) is 9.26. The smallest absolute Gasteiger partial charge is 0.118 e. The van der Waals surface area contributed by atoms with Crippen molar-refractivity contribution in [2.45, 2.75) is 6.16 Å². The Hall–Kier alpha value is 0.180. The molecule has 0 amide bonds. The topological polar surface area (TPSA) is 20.2 Å². The molecule has 0 aromatic heterocycles. The molecular formula is C7H9OPS2. The van der Waals surface area contributed by atoms with Gasteiger partial charge >= 0.3 is 0 Å². The zero-order chi connectivity index (χ0) is 8.32. The molecule has 0 spiro atoms. The van der Waals surface area contributed by atoms with Gasteiger partial charge in [0.1, 0.15) is 5.47 Å². The summed E-state index contributed by atoms with van der Waals surface area (Å²) in [6.07, 6.45) is 0.506. The van der Waals surface area contributed by atoms with Crippen LogP contribution in [-0.4, -0.2) is 4.89 Å². The van der Waals surface area contributed by atoms with Crippen molar-refractivity contribution < 1.29 is 4.89 Å². The molecule has 1 N–H and O–H groups in total. The number of hydrogen-bond donors (Lipinski definition) is 2. The van der Waals surface area contributed by atoms with Gasteiger partial charge in [0, 0.05) is 6.16 Å². The first-order chi connectivity index (χ1) is 5.08. The number of thiol groups is 1. The molecule has 0 fully saturated rings. The van der Waals surface area contributed by atoms with Crippen LogP contribution in [0.4, 0.5) is 0 Å². The minimum Gasteiger partial charge on any atom is -0.357 e. The molecule has 1 nitrogen and oxygen atoms in total. The first kappa shape index (κ1) is 9.27. The van der Waals surface area contributed by atoms with E-state index in [0.717, 1.165) is 5.56 Å². The lowest BCUT2D eigenvalue weighted by molar-refractivity contribution is 0.638. The van der Waals surface area contributed by atoms with Gasteiger partial charge in [0.2, 0.25) is 0 Å². The van der Waals surface area contributed by atoms with E-state index in [9.17, 15) is 4.89 Å². The molecule has 1 aromatic rings. The van der Waals surface area contributed by atoms with Crippen LogP contribution in [0.5, 0.6) is 0 Å². The highest BCUT2D eigenvalue weighted by Gasteiger charge is 2.05. The molecule has 0 heterocycles. The third-order valence-electron chi connectivity index (χ3n) is 1.23. The monoisotopic (exact) mass is 204 g/mol. The second-order valence-corrected chi connectivity index (χ2v) is 8.56. The minimum atomic E-state index is -2.36. The maximum atomic E-state index is 9.26. The van der Waals surface area contributed by atoms with Gasteiger partial charge in [0.05, 0.1) is 0 Å². The van der Waals surface area contributed by atoms with Crippen molar-refractivity contribution >= 4 is 29.5 Å². The van der Waals surface area contributed by atoms with E-state index in [-0.39, 0.29) is 0 Å². The molecule has 4 heteroatoms. The van der Waals surface area contributed by atoms with E-state index in [1.807, 2.05) is 30.3 Å². The summed E-state index contributed by atoms with van der Waals surface area (Å²) in [5.74, 6) is 0. The Morgan fingerprint density at radius 3 is 2.36 bits per heavy atom.